The highest BCUT2D eigenvalue weighted by Gasteiger charge is 2.39. The van der Waals surface area contributed by atoms with Crippen LogP contribution >= 0.6 is 0 Å². The van der Waals surface area contributed by atoms with Gasteiger partial charge in [0.1, 0.15) is 17.7 Å². The first-order chi connectivity index (χ1) is 18.0. The molecule has 2 aliphatic heterocycles. The van der Waals surface area contributed by atoms with Gasteiger partial charge in [0, 0.05) is 37.9 Å². The monoisotopic (exact) mass is 512 g/mol. The molecule has 0 spiro atoms. The van der Waals surface area contributed by atoms with Crippen LogP contribution in [-0.4, -0.2) is 81.6 Å². The number of anilines is 1. The van der Waals surface area contributed by atoms with Gasteiger partial charge in [-0.15, -0.1) is 0 Å². The van der Waals surface area contributed by atoms with E-state index in [9.17, 15) is 18.4 Å². The van der Waals surface area contributed by atoms with E-state index in [1.54, 1.807) is 29.2 Å². The van der Waals surface area contributed by atoms with Crippen LogP contribution in [0.25, 0.3) is 16.9 Å². The van der Waals surface area contributed by atoms with E-state index in [2.05, 4.69) is 15.0 Å². The number of likely N-dealkylation sites (tertiary alicyclic amines) is 1. The topological polar surface area (TPSA) is 103 Å². The van der Waals surface area contributed by atoms with Crippen molar-refractivity contribution in [2.75, 3.05) is 44.3 Å². The lowest BCUT2D eigenvalue weighted by Crippen LogP contribution is -2.57. The molecule has 1 amide bonds. The van der Waals surface area contributed by atoms with Crippen molar-refractivity contribution in [3.8, 4) is 11.7 Å². The van der Waals surface area contributed by atoms with Gasteiger partial charge in [0.15, 0.2) is 5.82 Å². The van der Waals surface area contributed by atoms with Gasteiger partial charge >= 0.3 is 0 Å². The number of carbonyl (C=O) groups is 2. The number of Topliss-reactive ketones (excluding diaryl/α,β-unsaturated/α-hetero) is 1. The Kier molecular flexibility index (Phi) is 6.19. The summed E-state index contributed by atoms with van der Waals surface area (Å²) in [6.45, 7) is 2.88. The number of rotatable bonds is 6. The number of hydrogen-bond donors (Lipinski definition) is 0. The van der Waals surface area contributed by atoms with Crippen LogP contribution in [0.15, 0.2) is 30.3 Å². The molecule has 0 unspecified atom stereocenters. The van der Waals surface area contributed by atoms with Gasteiger partial charge in [-0.3, -0.25) is 14.2 Å². The van der Waals surface area contributed by atoms with Gasteiger partial charge in [-0.05, 0) is 18.6 Å². The van der Waals surface area contributed by atoms with Crippen LogP contribution in [0.3, 0.4) is 0 Å². The molecular weight excluding hydrogens is 486 g/mol. The molecule has 4 heterocycles. The second-order valence-corrected chi connectivity index (χ2v) is 9.52. The molecule has 1 aliphatic carbocycles. The fraction of sp³-hybridized carbons (Fsp3) is 0.480. The van der Waals surface area contributed by atoms with Crippen LogP contribution < -0.4 is 9.64 Å². The molecule has 1 aromatic carbocycles. The molecular formula is C25H26F2N6O4. The molecule has 2 saturated heterocycles. The third-order valence-corrected chi connectivity index (χ3v) is 7.02. The normalized spacial score (nSPS) is 20.6. The number of imidazole rings is 1. The summed E-state index contributed by atoms with van der Waals surface area (Å²) in [5.74, 6) is 0.274. The zero-order valence-corrected chi connectivity index (χ0v) is 20.1. The number of fused-ring (bicyclic) bond motifs is 1. The summed E-state index contributed by atoms with van der Waals surface area (Å²) >= 11 is 0. The fourth-order valence-corrected chi connectivity index (χ4v) is 5.06. The molecule has 3 aromatic rings. The van der Waals surface area contributed by atoms with Crippen molar-refractivity contribution < 1.29 is 27.8 Å². The highest BCUT2D eigenvalue weighted by atomic mass is 19.3. The lowest BCUT2D eigenvalue weighted by Gasteiger charge is -2.40. The Morgan fingerprint density at radius 3 is 2.62 bits per heavy atom. The van der Waals surface area contributed by atoms with E-state index in [0.717, 1.165) is 0 Å². The van der Waals surface area contributed by atoms with Crippen molar-refractivity contribution in [3.05, 3.63) is 36.2 Å². The molecule has 1 saturated carbocycles. The van der Waals surface area contributed by atoms with Gasteiger partial charge < -0.3 is 19.3 Å². The number of hydrogen-bond acceptors (Lipinski definition) is 8. The number of halogens is 2. The Bertz CT molecular complexity index is 1340. The van der Waals surface area contributed by atoms with Crippen LogP contribution in [0.5, 0.6) is 5.88 Å². The largest absolute Gasteiger partial charge is 0.470 e. The van der Waals surface area contributed by atoms with Crippen LogP contribution in [0, 0.1) is 5.92 Å². The van der Waals surface area contributed by atoms with Gasteiger partial charge in [0.25, 0.3) is 6.43 Å². The van der Waals surface area contributed by atoms with Crippen molar-refractivity contribution in [3.63, 3.8) is 0 Å². The first-order valence-corrected chi connectivity index (χ1v) is 12.4. The number of benzene rings is 1. The quantitative estimate of drug-likeness (QED) is 0.497. The van der Waals surface area contributed by atoms with E-state index in [1.807, 2.05) is 4.90 Å². The Morgan fingerprint density at radius 1 is 1.11 bits per heavy atom. The Hall–Kier alpha value is -3.67. The number of aromatic nitrogens is 4. The van der Waals surface area contributed by atoms with Crippen molar-refractivity contribution in [2.45, 2.75) is 31.8 Å². The molecule has 1 atom stereocenters. The summed E-state index contributed by atoms with van der Waals surface area (Å²) < 4.78 is 40.9. The number of ketones is 1. The van der Waals surface area contributed by atoms with Crippen LogP contribution in [-0.2, 0) is 14.3 Å². The molecule has 194 valence electrons. The predicted octanol–water partition coefficient (Wildman–Crippen LogP) is 2.55. The van der Waals surface area contributed by atoms with Crippen molar-refractivity contribution >= 4 is 28.7 Å². The fourth-order valence-electron chi connectivity index (χ4n) is 5.06. The first-order valence-electron chi connectivity index (χ1n) is 12.4. The maximum Gasteiger partial charge on any atom is 0.296 e. The number of ether oxygens (including phenoxy) is 2. The summed E-state index contributed by atoms with van der Waals surface area (Å²) in [4.78, 5) is 41.2. The van der Waals surface area contributed by atoms with E-state index < -0.39 is 12.2 Å². The highest BCUT2D eigenvalue weighted by Crippen LogP contribution is 2.31. The lowest BCUT2D eigenvalue weighted by molar-refractivity contribution is -0.144. The molecule has 6 rings (SSSR count). The minimum atomic E-state index is -2.81. The third kappa shape index (κ3) is 4.61. The van der Waals surface area contributed by atoms with Crippen LogP contribution in [0.1, 0.15) is 31.5 Å². The SMILES string of the molecule is O=C1CC[C@H](C(=O)N2CC(Oc3cc(-n4c(C(F)F)nc5ccccc54)nc(N4CCOCC4)n3)C2)C1. The molecule has 10 nitrogen and oxygen atoms in total. The second kappa shape index (κ2) is 9.66. The van der Waals surface area contributed by atoms with E-state index >= 15 is 0 Å². The summed E-state index contributed by atoms with van der Waals surface area (Å²) in [5.41, 5.74) is 0.937. The maximum absolute atomic E-state index is 14.0. The summed E-state index contributed by atoms with van der Waals surface area (Å²) in [6.07, 6.45) is -1.74. The van der Waals surface area contributed by atoms with Gasteiger partial charge in [-0.1, -0.05) is 12.1 Å². The summed E-state index contributed by atoms with van der Waals surface area (Å²) in [6, 6.07) is 8.43. The molecule has 0 radical (unpaired) electrons. The van der Waals surface area contributed by atoms with E-state index in [-0.39, 0.29) is 35.4 Å². The average molecular weight is 513 g/mol. The molecule has 12 heteroatoms. The molecule has 0 bridgehead atoms. The number of morpholine rings is 1. The third-order valence-electron chi connectivity index (χ3n) is 7.02. The highest BCUT2D eigenvalue weighted by molar-refractivity contribution is 5.90. The zero-order chi connectivity index (χ0) is 25.5. The Labute approximate surface area is 211 Å². The van der Waals surface area contributed by atoms with Gasteiger partial charge in [0.05, 0.1) is 37.3 Å². The zero-order valence-electron chi connectivity index (χ0n) is 20.1. The van der Waals surface area contributed by atoms with Crippen LogP contribution in [0.4, 0.5) is 14.7 Å². The first kappa shape index (κ1) is 23.7. The average Bonchev–Trinajstić information content (AvgIpc) is 3.50. The molecule has 3 fully saturated rings. The van der Waals surface area contributed by atoms with Crippen molar-refractivity contribution in [1.82, 2.24) is 24.4 Å². The Morgan fingerprint density at radius 2 is 1.89 bits per heavy atom. The Balaban J connectivity index is 1.29. The predicted molar refractivity (Wildman–Crippen MR) is 128 cm³/mol. The number of alkyl halides is 2. The van der Waals surface area contributed by atoms with E-state index in [1.165, 1.54) is 10.6 Å². The number of amides is 1. The summed E-state index contributed by atoms with van der Waals surface area (Å²) in [5, 5.41) is 0. The van der Waals surface area contributed by atoms with Gasteiger partial charge in [-0.2, -0.15) is 9.97 Å². The van der Waals surface area contributed by atoms with Crippen molar-refractivity contribution in [2.24, 2.45) is 5.92 Å². The van der Waals surface area contributed by atoms with E-state index in [4.69, 9.17) is 9.47 Å². The maximum atomic E-state index is 14.0. The van der Waals surface area contributed by atoms with Crippen molar-refractivity contribution in [1.29, 1.82) is 0 Å². The standard InChI is InChI=1S/C25H26F2N6O4/c26-22(27)23-28-18-3-1-2-4-19(18)33(23)20-12-21(30-25(29-20)31-7-9-36-10-8-31)37-17-13-32(14-17)24(35)15-5-6-16(34)11-15/h1-4,12,15,17,22H,5-11,13-14H2/t15-/m0/s1. The smallest absolute Gasteiger partial charge is 0.296 e. The summed E-state index contributed by atoms with van der Waals surface area (Å²) in [7, 11) is 0. The molecule has 0 N–H and O–H groups in total. The van der Waals surface area contributed by atoms with Crippen LogP contribution in [0.2, 0.25) is 0 Å². The number of nitrogens with zero attached hydrogens (tertiary/aromatic N) is 6. The number of para-hydroxylation sites is 2. The van der Waals surface area contributed by atoms with Gasteiger partial charge in [-0.25, -0.2) is 13.8 Å². The van der Waals surface area contributed by atoms with E-state index in [0.29, 0.717) is 75.6 Å². The number of carbonyl (C=O) groups excluding carboxylic acids is 2. The minimum Gasteiger partial charge on any atom is -0.470 e. The molecule has 37 heavy (non-hydrogen) atoms. The molecule has 2 aromatic heterocycles. The lowest BCUT2D eigenvalue weighted by atomic mass is 10.0. The second-order valence-electron chi connectivity index (χ2n) is 9.52. The minimum absolute atomic E-state index is 0.0189. The molecule has 3 aliphatic rings. The van der Waals surface area contributed by atoms with Gasteiger partial charge in [0.2, 0.25) is 17.7 Å².